The summed E-state index contributed by atoms with van der Waals surface area (Å²) < 4.78 is 66.5. The lowest BCUT2D eigenvalue weighted by Gasteiger charge is -2.21. The van der Waals surface area contributed by atoms with E-state index in [0.717, 1.165) is 31.7 Å². The summed E-state index contributed by atoms with van der Waals surface area (Å²) in [7, 11) is -4.43. The van der Waals surface area contributed by atoms with E-state index in [-0.39, 0.29) is 17.5 Å². The summed E-state index contributed by atoms with van der Waals surface area (Å²) in [6.45, 7) is 0. The number of thioether (sulfide) groups is 1. The number of hydrogen-bond donors (Lipinski definition) is 2. The third-order valence-electron chi connectivity index (χ3n) is 4.47. The molecule has 11 heteroatoms. The highest BCUT2D eigenvalue weighted by Crippen LogP contribution is 2.33. The van der Waals surface area contributed by atoms with Crippen LogP contribution in [0.25, 0.3) is 0 Å². The Morgan fingerprint density at radius 2 is 1.96 bits per heavy atom. The highest BCUT2D eigenvalue weighted by Gasteiger charge is 2.34. The number of carbonyl (C=O) groups is 1. The van der Waals surface area contributed by atoms with Crippen LogP contribution in [-0.4, -0.2) is 38.4 Å². The maximum absolute atomic E-state index is 12.9. The second-order valence-electron chi connectivity index (χ2n) is 6.59. The lowest BCUT2D eigenvalue weighted by molar-refractivity contribution is -0.137. The van der Waals surface area contributed by atoms with Crippen LogP contribution in [-0.2, 0) is 21.0 Å². The van der Waals surface area contributed by atoms with Crippen LogP contribution < -0.4 is 10.0 Å². The van der Waals surface area contributed by atoms with Crippen LogP contribution in [0.5, 0.6) is 0 Å². The Hall–Kier alpha value is -0.970. The number of halogens is 4. The first-order valence-corrected chi connectivity index (χ1v) is 12.0. The molecule has 1 aromatic carbocycles. The molecule has 0 aromatic heterocycles. The van der Waals surface area contributed by atoms with Gasteiger partial charge in [0.05, 0.1) is 10.6 Å². The van der Waals surface area contributed by atoms with Crippen molar-refractivity contribution in [3.63, 3.8) is 0 Å². The Labute approximate surface area is 171 Å². The summed E-state index contributed by atoms with van der Waals surface area (Å²) in [5.74, 6) is 0.0225. The fraction of sp³-hybridized carbons (Fsp3) is 0.588. The number of carbonyl (C=O) groups excluding carboxylic acids is 1. The number of sulfonamides is 1. The summed E-state index contributed by atoms with van der Waals surface area (Å²) in [6.07, 6.45) is 0.935. The molecule has 1 amide bonds. The van der Waals surface area contributed by atoms with E-state index < -0.39 is 38.6 Å². The molecule has 0 spiro atoms. The summed E-state index contributed by atoms with van der Waals surface area (Å²) in [5.41, 5.74) is -1.13. The zero-order valence-electron chi connectivity index (χ0n) is 15.2. The second-order valence-corrected chi connectivity index (χ2v) is 9.66. The van der Waals surface area contributed by atoms with Crippen molar-refractivity contribution >= 4 is 39.3 Å². The minimum atomic E-state index is -4.72. The minimum Gasteiger partial charge on any atom is -0.352 e. The van der Waals surface area contributed by atoms with Crippen LogP contribution in [0.3, 0.4) is 0 Å². The third kappa shape index (κ3) is 6.27. The van der Waals surface area contributed by atoms with Gasteiger partial charge in [-0.15, -0.1) is 0 Å². The molecule has 1 atom stereocenters. The van der Waals surface area contributed by atoms with Crippen LogP contribution >= 0.6 is 23.4 Å². The van der Waals surface area contributed by atoms with E-state index in [9.17, 15) is 26.4 Å². The predicted octanol–water partition coefficient (Wildman–Crippen LogP) is 3.82. The number of alkyl halides is 3. The normalized spacial score (nSPS) is 16.9. The molecule has 0 aliphatic heterocycles. The molecule has 1 aromatic rings. The summed E-state index contributed by atoms with van der Waals surface area (Å²) >= 11 is 7.28. The summed E-state index contributed by atoms with van der Waals surface area (Å²) in [4.78, 5) is 11.9. The average Bonchev–Trinajstić information content (AvgIpc) is 3.10. The Balaban J connectivity index is 2.25. The van der Waals surface area contributed by atoms with Crippen LogP contribution in [0, 0.1) is 0 Å². The van der Waals surface area contributed by atoms with Crippen LogP contribution in [0.2, 0.25) is 5.02 Å². The number of benzene rings is 1. The quantitative estimate of drug-likeness (QED) is 0.621. The van der Waals surface area contributed by atoms with Crippen LogP contribution in [0.1, 0.15) is 37.7 Å². The van der Waals surface area contributed by atoms with Gasteiger partial charge in [-0.25, -0.2) is 8.42 Å². The van der Waals surface area contributed by atoms with Gasteiger partial charge in [0.2, 0.25) is 15.9 Å². The van der Waals surface area contributed by atoms with Crippen LogP contribution in [0.15, 0.2) is 23.1 Å². The van der Waals surface area contributed by atoms with Gasteiger partial charge in [-0.3, -0.25) is 4.79 Å². The van der Waals surface area contributed by atoms with Crippen molar-refractivity contribution < 1.29 is 26.4 Å². The molecule has 0 radical (unpaired) electrons. The van der Waals surface area contributed by atoms with Crippen molar-refractivity contribution in [1.29, 1.82) is 0 Å². The van der Waals surface area contributed by atoms with E-state index in [4.69, 9.17) is 11.6 Å². The van der Waals surface area contributed by atoms with Crippen LogP contribution in [0.4, 0.5) is 13.2 Å². The molecule has 1 saturated carbocycles. The van der Waals surface area contributed by atoms with Gasteiger partial charge in [0.1, 0.15) is 10.9 Å². The van der Waals surface area contributed by atoms with Gasteiger partial charge in [-0.05, 0) is 49.5 Å². The zero-order valence-corrected chi connectivity index (χ0v) is 17.6. The predicted molar refractivity (Wildman–Crippen MR) is 104 cm³/mol. The van der Waals surface area contributed by atoms with Crippen molar-refractivity contribution in [1.82, 2.24) is 10.0 Å². The van der Waals surface area contributed by atoms with Gasteiger partial charge in [0, 0.05) is 6.04 Å². The molecule has 1 aliphatic rings. The fourth-order valence-electron chi connectivity index (χ4n) is 2.99. The number of nitrogens with one attached hydrogen (secondary N) is 2. The van der Waals surface area contributed by atoms with E-state index in [0.29, 0.717) is 17.9 Å². The standard InChI is InChI=1S/C17H22ClF3N2O3S2/c1-27-9-8-14(16(24)22-12-4-2-3-5-12)23-28(25,26)15-10-11(17(19,20)21)6-7-13(15)18/h6-7,10,12,14,23H,2-5,8-9H2,1H3,(H,22,24)/t14-/m1/s1. The maximum atomic E-state index is 12.9. The Kier molecular flexibility index (Phi) is 8.06. The smallest absolute Gasteiger partial charge is 0.352 e. The second kappa shape index (κ2) is 9.69. The van der Waals surface area contributed by atoms with E-state index in [1.54, 1.807) is 0 Å². The molecule has 2 rings (SSSR count). The van der Waals surface area contributed by atoms with Gasteiger partial charge >= 0.3 is 6.18 Å². The lowest BCUT2D eigenvalue weighted by Crippen LogP contribution is -2.49. The minimum absolute atomic E-state index is 0.00840. The van der Waals surface area contributed by atoms with Gasteiger partial charge in [0.15, 0.2) is 0 Å². The Morgan fingerprint density at radius 1 is 1.32 bits per heavy atom. The van der Waals surface area contributed by atoms with Gasteiger partial charge < -0.3 is 5.32 Å². The molecular formula is C17H22ClF3N2O3S2. The van der Waals surface area contributed by atoms with Crippen molar-refractivity contribution in [2.45, 2.75) is 55.3 Å². The van der Waals surface area contributed by atoms with Gasteiger partial charge in [0.25, 0.3) is 0 Å². The van der Waals surface area contributed by atoms with Crippen molar-refractivity contribution in [3.8, 4) is 0 Å². The molecule has 0 heterocycles. The first-order chi connectivity index (χ1) is 13.0. The van der Waals surface area contributed by atoms with E-state index in [1.807, 2.05) is 6.26 Å². The number of hydrogen-bond acceptors (Lipinski definition) is 4. The largest absolute Gasteiger partial charge is 0.416 e. The van der Waals surface area contributed by atoms with Crippen molar-refractivity contribution in [2.24, 2.45) is 0 Å². The topological polar surface area (TPSA) is 75.3 Å². The summed E-state index contributed by atoms with van der Waals surface area (Å²) in [5, 5.41) is 2.48. The van der Waals surface area contributed by atoms with Gasteiger partial charge in [-0.2, -0.15) is 29.7 Å². The number of amides is 1. The van der Waals surface area contributed by atoms with Crippen molar-refractivity contribution in [2.75, 3.05) is 12.0 Å². The highest BCUT2D eigenvalue weighted by molar-refractivity contribution is 7.98. The third-order valence-corrected chi connectivity index (χ3v) is 7.07. The van der Waals surface area contributed by atoms with E-state index >= 15 is 0 Å². The molecular weight excluding hydrogens is 437 g/mol. The molecule has 1 aliphatic carbocycles. The fourth-order valence-corrected chi connectivity index (χ4v) is 5.21. The van der Waals surface area contributed by atoms with E-state index in [1.165, 1.54) is 11.8 Å². The Bertz CT molecular complexity index is 797. The van der Waals surface area contributed by atoms with Crippen molar-refractivity contribution in [3.05, 3.63) is 28.8 Å². The molecule has 28 heavy (non-hydrogen) atoms. The molecule has 0 unspecified atom stereocenters. The lowest BCUT2D eigenvalue weighted by atomic mass is 10.2. The molecule has 5 nitrogen and oxygen atoms in total. The zero-order chi connectivity index (χ0) is 20.9. The first-order valence-electron chi connectivity index (χ1n) is 8.73. The van der Waals surface area contributed by atoms with Gasteiger partial charge in [-0.1, -0.05) is 24.4 Å². The SMILES string of the molecule is CSCC[C@@H](NS(=O)(=O)c1cc(C(F)(F)F)ccc1Cl)C(=O)NC1CCCC1. The first kappa shape index (κ1) is 23.3. The summed E-state index contributed by atoms with van der Waals surface area (Å²) in [6, 6.07) is 0.966. The molecule has 2 N–H and O–H groups in total. The Morgan fingerprint density at radius 3 is 2.54 bits per heavy atom. The molecule has 0 saturated heterocycles. The average molecular weight is 459 g/mol. The van der Waals surface area contributed by atoms with E-state index in [2.05, 4.69) is 10.0 Å². The molecule has 158 valence electrons. The monoisotopic (exact) mass is 458 g/mol. The maximum Gasteiger partial charge on any atom is 0.416 e. The molecule has 1 fully saturated rings. The molecule has 0 bridgehead atoms. The number of rotatable bonds is 8. The highest BCUT2D eigenvalue weighted by atomic mass is 35.5.